The highest BCUT2D eigenvalue weighted by Crippen LogP contribution is 2.19. The Morgan fingerprint density at radius 3 is 2.92 bits per heavy atom. The van der Waals surface area contributed by atoms with Crippen LogP contribution in [0.25, 0.3) is 10.9 Å². The van der Waals surface area contributed by atoms with E-state index in [0.717, 1.165) is 55.1 Å². The average Bonchev–Trinajstić information content (AvgIpc) is 2.93. The SMILES string of the molecule is CCNC(=NCCCSC)NCCc1c[nH]c2cc(F)ccc12.I. The summed E-state index contributed by atoms with van der Waals surface area (Å²) in [5.41, 5.74) is 2.03. The quantitative estimate of drug-likeness (QED) is 0.241. The second-order valence-corrected chi connectivity index (χ2v) is 6.27. The molecule has 0 aliphatic rings. The van der Waals surface area contributed by atoms with Crippen molar-refractivity contribution < 1.29 is 4.39 Å². The van der Waals surface area contributed by atoms with Crippen LogP contribution in [0.5, 0.6) is 0 Å². The maximum atomic E-state index is 13.2. The van der Waals surface area contributed by atoms with Gasteiger partial charge < -0.3 is 15.6 Å². The molecule has 2 rings (SSSR count). The number of nitrogens with one attached hydrogen (secondary N) is 3. The minimum Gasteiger partial charge on any atom is -0.361 e. The van der Waals surface area contributed by atoms with E-state index in [0.29, 0.717) is 0 Å². The fourth-order valence-electron chi connectivity index (χ4n) is 2.42. The van der Waals surface area contributed by atoms with Crippen molar-refractivity contribution in [2.75, 3.05) is 31.6 Å². The summed E-state index contributed by atoms with van der Waals surface area (Å²) in [6, 6.07) is 4.87. The highest BCUT2D eigenvalue weighted by Gasteiger charge is 2.05. The lowest BCUT2D eigenvalue weighted by atomic mass is 10.1. The number of rotatable bonds is 8. The van der Waals surface area contributed by atoms with E-state index in [1.165, 1.54) is 17.7 Å². The molecule has 1 aromatic heterocycles. The fraction of sp³-hybridized carbons (Fsp3) is 0.471. The highest BCUT2D eigenvalue weighted by molar-refractivity contribution is 14.0. The van der Waals surface area contributed by atoms with Gasteiger partial charge in [-0.2, -0.15) is 11.8 Å². The van der Waals surface area contributed by atoms with Crippen molar-refractivity contribution in [2.45, 2.75) is 19.8 Å². The van der Waals surface area contributed by atoms with Crippen LogP contribution in [0.1, 0.15) is 18.9 Å². The Morgan fingerprint density at radius 1 is 1.33 bits per heavy atom. The number of aliphatic imine (C=N–C) groups is 1. The third-order valence-electron chi connectivity index (χ3n) is 3.54. The Balaban J connectivity index is 0.00000288. The van der Waals surface area contributed by atoms with E-state index >= 15 is 0 Å². The van der Waals surface area contributed by atoms with Gasteiger partial charge in [-0.15, -0.1) is 24.0 Å². The molecule has 2 aromatic rings. The number of thioether (sulfide) groups is 1. The summed E-state index contributed by atoms with van der Waals surface area (Å²) >= 11 is 1.84. The van der Waals surface area contributed by atoms with Gasteiger partial charge in [0.15, 0.2) is 5.96 Å². The molecule has 0 unspecified atom stereocenters. The van der Waals surface area contributed by atoms with Gasteiger partial charge in [0.2, 0.25) is 0 Å². The second kappa shape index (κ2) is 11.6. The van der Waals surface area contributed by atoms with Crippen molar-refractivity contribution in [1.82, 2.24) is 15.6 Å². The first-order chi connectivity index (χ1) is 11.2. The van der Waals surface area contributed by atoms with Crippen LogP contribution in [0.3, 0.4) is 0 Å². The van der Waals surface area contributed by atoms with Gasteiger partial charge in [0, 0.05) is 36.7 Å². The molecule has 0 aliphatic carbocycles. The molecule has 1 aromatic carbocycles. The number of aromatic nitrogens is 1. The number of guanidine groups is 1. The van der Waals surface area contributed by atoms with E-state index in [-0.39, 0.29) is 29.8 Å². The van der Waals surface area contributed by atoms with E-state index in [1.54, 1.807) is 0 Å². The van der Waals surface area contributed by atoms with Gasteiger partial charge in [0.05, 0.1) is 0 Å². The van der Waals surface area contributed by atoms with E-state index in [9.17, 15) is 4.39 Å². The molecule has 0 atom stereocenters. The summed E-state index contributed by atoms with van der Waals surface area (Å²) in [4.78, 5) is 7.69. The molecule has 0 saturated carbocycles. The summed E-state index contributed by atoms with van der Waals surface area (Å²) in [7, 11) is 0. The van der Waals surface area contributed by atoms with Crippen LogP contribution < -0.4 is 10.6 Å². The summed E-state index contributed by atoms with van der Waals surface area (Å²) < 4.78 is 13.2. The number of nitrogens with zero attached hydrogens (tertiary/aromatic N) is 1. The minimum atomic E-state index is -0.212. The van der Waals surface area contributed by atoms with Crippen LogP contribution in [0.2, 0.25) is 0 Å². The fourth-order valence-corrected chi connectivity index (χ4v) is 2.84. The maximum absolute atomic E-state index is 13.2. The molecule has 134 valence electrons. The first-order valence-corrected chi connectivity index (χ1v) is 9.40. The molecule has 0 amide bonds. The average molecular weight is 464 g/mol. The van der Waals surface area contributed by atoms with Gasteiger partial charge in [-0.1, -0.05) is 0 Å². The van der Waals surface area contributed by atoms with Crippen LogP contribution in [0, 0.1) is 5.82 Å². The zero-order valence-electron chi connectivity index (χ0n) is 14.2. The number of hydrogen-bond acceptors (Lipinski definition) is 2. The first kappa shape index (κ1) is 21.1. The summed E-state index contributed by atoms with van der Waals surface area (Å²) in [5.74, 6) is 1.78. The molecular formula is C17H26FIN4S. The van der Waals surface area contributed by atoms with Crippen LogP contribution >= 0.6 is 35.7 Å². The summed E-state index contributed by atoms with van der Waals surface area (Å²) in [5, 5.41) is 7.69. The van der Waals surface area contributed by atoms with Crippen molar-refractivity contribution in [1.29, 1.82) is 0 Å². The van der Waals surface area contributed by atoms with E-state index in [1.807, 2.05) is 24.0 Å². The Kier molecular flexibility index (Phi) is 10.2. The number of H-pyrrole nitrogens is 1. The third-order valence-corrected chi connectivity index (χ3v) is 4.23. The zero-order chi connectivity index (χ0) is 16.5. The van der Waals surface area contributed by atoms with Crippen LogP contribution in [-0.4, -0.2) is 42.6 Å². The number of fused-ring (bicyclic) bond motifs is 1. The second-order valence-electron chi connectivity index (χ2n) is 5.29. The molecule has 0 radical (unpaired) electrons. The number of hydrogen-bond donors (Lipinski definition) is 3. The van der Waals surface area contributed by atoms with Gasteiger partial charge in [-0.05, 0) is 55.5 Å². The predicted molar refractivity (Wildman–Crippen MR) is 114 cm³/mol. The van der Waals surface area contributed by atoms with E-state index < -0.39 is 0 Å². The molecule has 0 bridgehead atoms. The molecule has 3 N–H and O–H groups in total. The monoisotopic (exact) mass is 464 g/mol. The topological polar surface area (TPSA) is 52.2 Å². The van der Waals surface area contributed by atoms with Crippen molar-refractivity contribution in [3.05, 3.63) is 35.8 Å². The first-order valence-electron chi connectivity index (χ1n) is 8.01. The van der Waals surface area contributed by atoms with Crippen LogP contribution in [0.4, 0.5) is 4.39 Å². The lowest BCUT2D eigenvalue weighted by molar-refractivity contribution is 0.629. The van der Waals surface area contributed by atoms with Crippen LogP contribution in [0.15, 0.2) is 29.4 Å². The van der Waals surface area contributed by atoms with Gasteiger partial charge in [0.1, 0.15) is 5.82 Å². The lowest BCUT2D eigenvalue weighted by Crippen LogP contribution is -2.38. The highest BCUT2D eigenvalue weighted by atomic mass is 127. The van der Waals surface area contributed by atoms with Crippen molar-refractivity contribution in [3.63, 3.8) is 0 Å². The molecule has 1 heterocycles. The lowest BCUT2D eigenvalue weighted by Gasteiger charge is -2.11. The van der Waals surface area contributed by atoms with Gasteiger partial charge in [-0.3, -0.25) is 4.99 Å². The Labute approximate surface area is 164 Å². The van der Waals surface area contributed by atoms with E-state index in [2.05, 4.69) is 33.8 Å². The van der Waals surface area contributed by atoms with Gasteiger partial charge in [0.25, 0.3) is 0 Å². The number of halogens is 2. The Bertz CT molecular complexity index is 645. The molecule has 0 aliphatic heterocycles. The molecule has 24 heavy (non-hydrogen) atoms. The van der Waals surface area contributed by atoms with Gasteiger partial charge >= 0.3 is 0 Å². The summed E-state index contributed by atoms with van der Waals surface area (Å²) in [6.07, 6.45) is 6.02. The van der Waals surface area contributed by atoms with Crippen molar-refractivity contribution >= 4 is 52.6 Å². The standard InChI is InChI=1S/C17H25FN4S.HI/c1-3-19-17(20-8-4-10-23-2)21-9-7-13-12-22-16-11-14(18)5-6-15(13)16;/h5-6,11-12,22H,3-4,7-10H2,1-2H3,(H2,19,20,21);1H. The van der Waals surface area contributed by atoms with Crippen molar-refractivity contribution in [2.24, 2.45) is 4.99 Å². The molecule has 4 nitrogen and oxygen atoms in total. The molecule has 0 spiro atoms. The van der Waals surface area contributed by atoms with Crippen molar-refractivity contribution in [3.8, 4) is 0 Å². The predicted octanol–water partition coefficient (Wildman–Crippen LogP) is 3.78. The Hall–Kier alpha value is -0.960. The molecule has 7 heteroatoms. The molecule has 0 fully saturated rings. The molecule has 0 saturated heterocycles. The molecular weight excluding hydrogens is 438 g/mol. The maximum Gasteiger partial charge on any atom is 0.191 e. The summed E-state index contributed by atoms with van der Waals surface area (Å²) in [6.45, 7) is 4.54. The van der Waals surface area contributed by atoms with E-state index in [4.69, 9.17) is 0 Å². The Morgan fingerprint density at radius 2 is 2.17 bits per heavy atom. The smallest absolute Gasteiger partial charge is 0.191 e. The largest absolute Gasteiger partial charge is 0.361 e. The minimum absolute atomic E-state index is 0. The van der Waals surface area contributed by atoms with Gasteiger partial charge in [-0.25, -0.2) is 4.39 Å². The normalized spacial score (nSPS) is 11.4. The number of aromatic amines is 1. The van der Waals surface area contributed by atoms with Crippen LogP contribution in [-0.2, 0) is 6.42 Å². The zero-order valence-corrected chi connectivity index (χ0v) is 17.3. The third kappa shape index (κ3) is 6.51. The number of benzene rings is 1.